The van der Waals surface area contributed by atoms with Gasteiger partial charge in [-0.1, -0.05) is 17.7 Å². The van der Waals surface area contributed by atoms with Gasteiger partial charge in [0.05, 0.1) is 16.4 Å². The highest BCUT2D eigenvalue weighted by molar-refractivity contribution is 6.34. The van der Waals surface area contributed by atoms with Gasteiger partial charge in [0.1, 0.15) is 0 Å². The van der Waals surface area contributed by atoms with Gasteiger partial charge in [0.15, 0.2) is 0 Å². The predicted molar refractivity (Wildman–Crippen MR) is 57.8 cm³/mol. The van der Waals surface area contributed by atoms with E-state index in [2.05, 4.69) is 30.3 Å². The molecule has 0 aliphatic carbocycles. The molecule has 70 valence electrons. The number of nitrogens with zero attached hydrogens (tertiary/aromatic N) is 1. The Morgan fingerprint density at radius 1 is 1.54 bits per heavy atom. The maximum absolute atomic E-state index is 6.12. The smallest absolute Gasteiger partial charge is 0.0791 e. The van der Waals surface area contributed by atoms with Gasteiger partial charge in [-0.3, -0.25) is 0 Å². The predicted octanol–water partition coefficient (Wildman–Crippen LogP) is 2.59. The average molecular weight is 197 g/mol. The number of fused-ring (bicyclic) bond motifs is 1. The van der Waals surface area contributed by atoms with E-state index < -0.39 is 0 Å². The number of benzene rings is 1. The molecule has 0 spiro atoms. The Hall–Kier alpha value is -0.890. The highest BCUT2D eigenvalue weighted by atomic mass is 35.5. The van der Waals surface area contributed by atoms with Crippen molar-refractivity contribution in [1.82, 2.24) is 0 Å². The Morgan fingerprint density at radius 2 is 2.31 bits per heavy atom. The molecule has 1 N–H and O–H groups in total. The van der Waals surface area contributed by atoms with E-state index in [-0.39, 0.29) is 0 Å². The van der Waals surface area contributed by atoms with Crippen LogP contribution < -0.4 is 10.2 Å². The number of halogens is 1. The van der Waals surface area contributed by atoms with Crippen LogP contribution in [0.5, 0.6) is 0 Å². The van der Waals surface area contributed by atoms with E-state index >= 15 is 0 Å². The highest BCUT2D eigenvalue weighted by Gasteiger charge is 2.21. The molecule has 2 nitrogen and oxygen atoms in total. The first-order chi connectivity index (χ1) is 6.20. The maximum atomic E-state index is 6.12. The van der Waals surface area contributed by atoms with Crippen LogP contribution in [0.2, 0.25) is 5.02 Å². The van der Waals surface area contributed by atoms with Gasteiger partial charge in [-0.25, -0.2) is 0 Å². The minimum Gasteiger partial charge on any atom is -0.381 e. The highest BCUT2D eigenvalue weighted by Crippen LogP contribution is 2.36. The number of hydrogen-bond donors (Lipinski definition) is 1. The van der Waals surface area contributed by atoms with Gasteiger partial charge < -0.3 is 10.2 Å². The van der Waals surface area contributed by atoms with E-state index in [0.29, 0.717) is 6.04 Å². The van der Waals surface area contributed by atoms with Gasteiger partial charge in [0, 0.05) is 19.6 Å². The fraction of sp³-hybridized carbons (Fsp3) is 0.400. The Bertz CT molecular complexity index is 325. The second-order valence-corrected chi connectivity index (χ2v) is 3.88. The second kappa shape index (κ2) is 3.11. The molecule has 1 unspecified atom stereocenters. The van der Waals surface area contributed by atoms with E-state index in [1.54, 1.807) is 0 Å². The van der Waals surface area contributed by atoms with Crippen LogP contribution in [0.4, 0.5) is 11.4 Å². The Labute approximate surface area is 83.5 Å². The first-order valence-electron chi connectivity index (χ1n) is 4.45. The standard InChI is InChI=1S/C10H13ClN2/c1-7-6-12-9-5-3-4-8(11)10(9)13(7)2/h3-5,7,12H,6H2,1-2H3. The van der Waals surface area contributed by atoms with Gasteiger partial charge in [-0.05, 0) is 19.1 Å². The van der Waals surface area contributed by atoms with Crippen molar-refractivity contribution in [2.45, 2.75) is 13.0 Å². The maximum Gasteiger partial charge on any atom is 0.0791 e. The van der Waals surface area contributed by atoms with E-state index in [0.717, 1.165) is 22.9 Å². The molecule has 0 aromatic heterocycles. The lowest BCUT2D eigenvalue weighted by atomic mass is 10.1. The van der Waals surface area contributed by atoms with Gasteiger partial charge in [0.25, 0.3) is 0 Å². The fourth-order valence-corrected chi connectivity index (χ4v) is 1.94. The van der Waals surface area contributed by atoms with Gasteiger partial charge in [0.2, 0.25) is 0 Å². The zero-order chi connectivity index (χ0) is 9.42. The van der Waals surface area contributed by atoms with Crippen LogP contribution in [-0.4, -0.2) is 19.6 Å². The summed E-state index contributed by atoms with van der Waals surface area (Å²) in [4.78, 5) is 2.22. The number of rotatable bonds is 0. The van der Waals surface area contributed by atoms with Crippen LogP contribution in [0.1, 0.15) is 6.92 Å². The summed E-state index contributed by atoms with van der Waals surface area (Å²) in [7, 11) is 2.08. The molecule has 1 aromatic rings. The molecular formula is C10H13ClN2. The first-order valence-corrected chi connectivity index (χ1v) is 4.83. The fourth-order valence-electron chi connectivity index (χ4n) is 1.63. The van der Waals surface area contributed by atoms with Crippen molar-refractivity contribution in [2.75, 3.05) is 23.8 Å². The molecule has 0 bridgehead atoms. The van der Waals surface area contributed by atoms with E-state index in [1.807, 2.05) is 12.1 Å². The summed E-state index contributed by atoms with van der Waals surface area (Å²) >= 11 is 6.12. The zero-order valence-corrected chi connectivity index (χ0v) is 8.60. The Balaban J connectivity index is 2.51. The molecule has 1 aromatic carbocycles. The van der Waals surface area contributed by atoms with Crippen LogP contribution in [0.25, 0.3) is 0 Å². The third kappa shape index (κ3) is 1.35. The molecule has 1 aliphatic rings. The summed E-state index contributed by atoms with van der Waals surface area (Å²) in [5.74, 6) is 0. The zero-order valence-electron chi connectivity index (χ0n) is 7.84. The number of hydrogen-bond acceptors (Lipinski definition) is 2. The molecule has 3 heteroatoms. The SMILES string of the molecule is CC1CNc2cccc(Cl)c2N1C. The van der Waals surface area contributed by atoms with Crippen molar-refractivity contribution in [2.24, 2.45) is 0 Å². The van der Waals surface area contributed by atoms with Crippen molar-refractivity contribution in [3.63, 3.8) is 0 Å². The topological polar surface area (TPSA) is 15.3 Å². The largest absolute Gasteiger partial charge is 0.381 e. The number of likely N-dealkylation sites (N-methyl/N-ethyl adjacent to an activating group) is 1. The van der Waals surface area contributed by atoms with E-state index in [1.165, 1.54) is 0 Å². The van der Waals surface area contributed by atoms with E-state index in [4.69, 9.17) is 11.6 Å². The van der Waals surface area contributed by atoms with Crippen molar-refractivity contribution in [1.29, 1.82) is 0 Å². The number of anilines is 2. The van der Waals surface area contributed by atoms with Crippen LogP contribution in [0.15, 0.2) is 18.2 Å². The summed E-state index contributed by atoms with van der Waals surface area (Å²) < 4.78 is 0. The minimum atomic E-state index is 0.493. The lowest BCUT2D eigenvalue weighted by Gasteiger charge is -2.35. The number of nitrogens with one attached hydrogen (secondary N) is 1. The molecule has 0 fully saturated rings. The van der Waals surface area contributed by atoms with E-state index in [9.17, 15) is 0 Å². The average Bonchev–Trinajstić information content (AvgIpc) is 2.12. The monoisotopic (exact) mass is 196 g/mol. The van der Waals surface area contributed by atoms with Crippen LogP contribution in [-0.2, 0) is 0 Å². The summed E-state index contributed by atoms with van der Waals surface area (Å²) in [6, 6.07) is 6.45. The molecule has 0 amide bonds. The molecule has 1 heterocycles. The minimum absolute atomic E-state index is 0.493. The number of para-hydroxylation sites is 1. The van der Waals surface area contributed by atoms with Crippen molar-refractivity contribution >= 4 is 23.0 Å². The first kappa shape index (κ1) is 8.70. The summed E-state index contributed by atoms with van der Waals surface area (Å²) in [5.41, 5.74) is 2.25. The van der Waals surface area contributed by atoms with Crippen molar-refractivity contribution in [3.05, 3.63) is 23.2 Å². The molecular weight excluding hydrogens is 184 g/mol. The van der Waals surface area contributed by atoms with Crippen LogP contribution in [0.3, 0.4) is 0 Å². The van der Waals surface area contributed by atoms with Crippen LogP contribution >= 0.6 is 11.6 Å². The molecule has 0 saturated carbocycles. The molecule has 2 rings (SSSR count). The lowest BCUT2D eigenvalue weighted by molar-refractivity contribution is 0.699. The molecule has 0 radical (unpaired) electrons. The lowest BCUT2D eigenvalue weighted by Crippen LogP contribution is -2.39. The Morgan fingerprint density at radius 3 is 3.08 bits per heavy atom. The van der Waals surface area contributed by atoms with Gasteiger partial charge in [-0.15, -0.1) is 0 Å². The summed E-state index contributed by atoms with van der Waals surface area (Å²) in [5, 5.41) is 4.18. The Kier molecular flexibility index (Phi) is 2.08. The molecule has 13 heavy (non-hydrogen) atoms. The third-order valence-corrected chi connectivity index (χ3v) is 2.89. The molecule has 0 saturated heterocycles. The summed E-state index contributed by atoms with van der Waals surface area (Å²) in [6.45, 7) is 3.16. The molecule has 1 aliphatic heterocycles. The van der Waals surface area contributed by atoms with Gasteiger partial charge >= 0.3 is 0 Å². The third-order valence-electron chi connectivity index (χ3n) is 2.59. The second-order valence-electron chi connectivity index (χ2n) is 3.48. The molecule has 1 atom stereocenters. The van der Waals surface area contributed by atoms with Crippen molar-refractivity contribution in [3.8, 4) is 0 Å². The normalized spacial score (nSPS) is 20.8. The van der Waals surface area contributed by atoms with Gasteiger partial charge in [-0.2, -0.15) is 0 Å². The van der Waals surface area contributed by atoms with Crippen LogP contribution in [0, 0.1) is 0 Å². The summed E-state index contributed by atoms with van der Waals surface area (Å²) in [6.07, 6.45) is 0. The quantitative estimate of drug-likeness (QED) is 0.686. The van der Waals surface area contributed by atoms with Crippen molar-refractivity contribution < 1.29 is 0 Å².